The highest BCUT2D eigenvalue weighted by Gasteiger charge is 2.07. The predicted octanol–water partition coefficient (Wildman–Crippen LogP) is 3.31. The average Bonchev–Trinajstić information content (AvgIpc) is 2.45. The van der Waals surface area contributed by atoms with Gasteiger partial charge >= 0.3 is 5.97 Å². The van der Waals surface area contributed by atoms with Gasteiger partial charge in [0.15, 0.2) is 0 Å². The number of aryl methyl sites for hydroxylation is 1. The maximum absolute atomic E-state index is 11.0. The van der Waals surface area contributed by atoms with E-state index in [-0.39, 0.29) is 0 Å². The third kappa shape index (κ3) is 3.09. The zero-order chi connectivity index (χ0) is 14.5. The summed E-state index contributed by atoms with van der Waals surface area (Å²) in [6.45, 7) is 2.41. The maximum Gasteiger partial charge on any atom is 0.335 e. The maximum atomic E-state index is 11.0. The lowest BCUT2D eigenvalue weighted by Crippen LogP contribution is -2.04. The van der Waals surface area contributed by atoms with Crippen LogP contribution >= 0.6 is 0 Å². The van der Waals surface area contributed by atoms with E-state index in [0.29, 0.717) is 12.1 Å². The SMILES string of the molecule is COc1ccccc1CNc1ccc(C(=O)O)c(C)c1. The molecular formula is C16H17NO3. The molecule has 0 aliphatic carbocycles. The molecule has 2 rings (SSSR count). The molecule has 0 heterocycles. The normalized spacial score (nSPS) is 10.1. The van der Waals surface area contributed by atoms with E-state index in [1.165, 1.54) is 0 Å². The molecule has 0 bridgehead atoms. The zero-order valence-corrected chi connectivity index (χ0v) is 11.5. The Bertz CT molecular complexity index is 623. The number of anilines is 1. The lowest BCUT2D eigenvalue weighted by atomic mass is 10.1. The second kappa shape index (κ2) is 6.10. The fraction of sp³-hybridized carbons (Fsp3) is 0.188. The van der Waals surface area contributed by atoms with Crippen molar-refractivity contribution in [2.24, 2.45) is 0 Å². The van der Waals surface area contributed by atoms with Crippen LogP contribution in [0.5, 0.6) is 5.75 Å². The number of ether oxygens (including phenoxy) is 1. The van der Waals surface area contributed by atoms with Crippen molar-refractivity contribution in [3.05, 3.63) is 59.2 Å². The standard InChI is InChI=1S/C16H17NO3/c1-11-9-13(7-8-14(11)16(18)19)17-10-12-5-3-4-6-15(12)20-2/h3-9,17H,10H2,1-2H3,(H,18,19). The lowest BCUT2D eigenvalue weighted by Gasteiger charge is -2.11. The summed E-state index contributed by atoms with van der Waals surface area (Å²) in [5, 5.41) is 12.3. The minimum Gasteiger partial charge on any atom is -0.496 e. The van der Waals surface area contributed by atoms with Crippen LogP contribution in [0.2, 0.25) is 0 Å². The van der Waals surface area contributed by atoms with Crippen molar-refractivity contribution in [3.8, 4) is 5.75 Å². The van der Waals surface area contributed by atoms with E-state index in [2.05, 4.69) is 5.32 Å². The molecule has 2 aromatic rings. The first-order chi connectivity index (χ1) is 9.61. The molecule has 4 nitrogen and oxygen atoms in total. The molecule has 0 aromatic heterocycles. The zero-order valence-electron chi connectivity index (χ0n) is 11.5. The molecule has 20 heavy (non-hydrogen) atoms. The summed E-state index contributed by atoms with van der Waals surface area (Å²) in [6.07, 6.45) is 0. The Balaban J connectivity index is 2.11. The number of rotatable bonds is 5. The molecule has 104 valence electrons. The Morgan fingerprint density at radius 1 is 1.25 bits per heavy atom. The number of hydrogen-bond donors (Lipinski definition) is 2. The van der Waals surface area contributed by atoms with Gasteiger partial charge in [0, 0.05) is 17.8 Å². The Labute approximate surface area is 118 Å². The van der Waals surface area contributed by atoms with E-state index in [9.17, 15) is 4.79 Å². The van der Waals surface area contributed by atoms with Gasteiger partial charge in [-0.2, -0.15) is 0 Å². The van der Waals surface area contributed by atoms with Gasteiger partial charge in [0.05, 0.1) is 12.7 Å². The third-order valence-corrected chi connectivity index (χ3v) is 3.13. The van der Waals surface area contributed by atoms with E-state index in [1.807, 2.05) is 30.3 Å². The van der Waals surface area contributed by atoms with Crippen LogP contribution in [0.4, 0.5) is 5.69 Å². The molecule has 2 aromatic carbocycles. The second-order valence-electron chi connectivity index (χ2n) is 4.50. The van der Waals surface area contributed by atoms with Gasteiger partial charge in [-0.15, -0.1) is 0 Å². The number of aromatic carboxylic acids is 1. The van der Waals surface area contributed by atoms with Crippen molar-refractivity contribution >= 4 is 11.7 Å². The molecular weight excluding hydrogens is 254 g/mol. The highest BCUT2D eigenvalue weighted by atomic mass is 16.5. The molecule has 0 aliphatic heterocycles. The van der Waals surface area contributed by atoms with Crippen LogP contribution in [0.15, 0.2) is 42.5 Å². The first kappa shape index (κ1) is 13.9. The van der Waals surface area contributed by atoms with Crippen LogP contribution in [0.3, 0.4) is 0 Å². The lowest BCUT2D eigenvalue weighted by molar-refractivity contribution is 0.0696. The average molecular weight is 271 g/mol. The predicted molar refractivity (Wildman–Crippen MR) is 78.5 cm³/mol. The van der Waals surface area contributed by atoms with Gasteiger partial charge in [-0.25, -0.2) is 4.79 Å². The van der Waals surface area contributed by atoms with Gasteiger partial charge in [0.25, 0.3) is 0 Å². The summed E-state index contributed by atoms with van der Waals surface area (Å²) in [6, 6.07) is 13.0. The minimum absolute atomic E-state index is 0.327. The molecule has 0 radical (unpaired) electrons. The summed E-state index contributed by atoms with van der Waals surface area (Å²) in [7, 11) is 1.64. The summed E-state index contributed by atoms with van der Waals surface area (Å²) in [4.78, 5) is 11.0. The molecule has 0 saturated carbocycles. The summed E-state index contributed by atoms with van der Waals surface area (Å²) in [5.41, 5.74) is 3.00. The Kier molecular flexibility index (Phi) is 4.25. The van der Waals surface area contributed by atoms with Gasteiger partial charge in [0.1, 0.15) is 5.75 Å². The fourth-order valence-corrected chi connectivity index (χ4v) is 2.06. The number of nitrogens with one attached hydrogen (secondary N) is 1. The number of benzene rings is 2. The van der Waals surface area contributed by atoms with Gasteiger partial charge in [-0.05, 0) is 36.8 Å². The van der Waals surface area contributed by atoms with E-state index in [4.69, 9.17) is 9.84 Å². The molecule has 0 unspecified atom stereocenters. The molecule has 2 N–H and O–H groups in total. The molecule has 0 spiro atoms. The number of carboxylic acid groups (broad SMARTS) is 1. The third-order valence-electron chi connectivity index (χ3n) is 3.13. The minimum atomic E-state index is -0.904. The van der Waals surface area contributed by atoms with Gasteiger partial charge in [0.2, 0.25) is 0 Å². The number of carbonyl (C=O) groups is 1. The Hall–Kier alpha value is -2.49. The van der Waals surface area contributed by atoms with E-state index in [1.54, 1.807) is 26.2 Å². The van der Waals surface area contributed by atoms with Crippen molar-refractivity contribution in [2.45, 2.75) is 13.5 Å². The fourth-order valence-electron chi connectivity index (χ4n) is 2.06. The Morgan fingerprint density at radius 3 is 2.65 bits per heavy atom. The smallest absolute Gasteiger partial charge is 0.335 e. The van der Waals surface area contributed by atoms with Gasteiger partial charge in [-0.1, -0.05) is 18.2 Å². The van der Waals surface area contributed by atoms with Crippen LogP contribution in [0.1, 0.15) is 21.5 Å². The van der Waals surface area contributed by atoms with Crippen LogP contribution in [-0.4, -0.2) is 18.2 Å². The summed E-state index contributed by atoms with van der Waals surface area (Å²) in [5.74, 6) is -0.0716. The quantitative estimate of drug-likeness (QED) is 0.876. The van der Waals surface area contributed by atoms with Crippen LogP contribution in [0, 0.1) is 6.92 Å². The first-order valence-electron chi connectivity index (χ1n) is 6.31. The second-order valence-corrected chi connectivity index (χ2v) is 4.50. The van der Waals surface area contributed by atoms with Crippen molar-refractivity contribution in [2.75, 3.05) is 12.4 Å². The number of carboxylic acids is 1. The summed E-state index contributed by atoms with van der Waals surface area (Å²) < 4.78 is 5.29. The topological polar surface area (TPSA) is 58.6 Å². The van der Waals surface area contributed by atoms with Gasteiger partial charge < -0.3 is 15.2 Å². The highest BCUT2D eigenvalue weighted by Crippen LogP contribution is 2.20. The van der Waals surface area contributed by atoms with Crippen LogP contribution in [0.25, 0.3) is 0 Å². The van der Waals surface area contributed by atoms with E-state index in [0.717, 1.165) is 22.6 Å². The molecule has 0 saturated heterocycles. The molecule has 0 amide bonds. The van der Waals surface area contributed by atoms with Crippen molar-refractivity contribution in [3.63, 3.8) is 0 Å². The van der Waals surface area contributed by atoms with E-state index < -0.39 is 5.97 Å². The monoisotopic (exact) mass is 271 g/mol. The van der Waals surface area contributed by atoms with E-state index >= 15 is 0 Å². The van der Waals surface area contributed by atoms with Gasteiger partial charge in [-0.3, -0.25) is 0 Å². The largest absolute Gasteiger partial charge is 0.496 e. The molecule has 0 aliphatic rings. The molecule has 0 fully saturated rings. The first-order valence-corrected chi connectivity index (χ1v) is 6.31. The molecule has 4 heteroatoms. The number of hydrogen-bond acceptors (Lipinski definition) is 3. The van der Waals surface area contributed by atoms with Crippen molar-refractivity contribution < 1.29 is 14.6 Å². The van der Waals surface area contributed by atoms with Crippen molar-refractivity contribution in [1.29, 1.82) is 0 Å². The van der Waals surface area contributed by atoms with Crippen molar-refractivity contribution in [1.82, 2.24) is 0 Å². The number of methoxy groups -OCH3 is 1. The highest BCUT2D eigenvalue weighted by molar-refractivity contribution is 5.89. The Morgan fingerprint density at radius 2 is 2.00 bits per heavy atom. The summed E-state index contributed by atoms with van der Waals surface area (Å²) >= 11 is 0. The molecule has 0 atom stereocenters. The number of para-hydroxylation sites is 1. The van der Waals surface area contributed by atoms with Crippen LogP contribution in [-0.2, 0) is 6.54 Å². The van der Waals surface area contributed by atoms with Crippen LogP contribution < -0.4 is 10.1 Å².